The molecule has 8 heteroatoms. The predicted octanol–water partition coefficient (Wildman–Crippen LogP) is 2.39. The molecule has 0 N–H and O–H groups in total. The largest absolute Gasteiger partial charge is 0.337 e. The lowest BCUT2D eigenvalue weighted by atomic mass is 9.96. The number of rotatable bonds is 4. The van der Waals surface area contributed by atoms with E-state index in [4.69, 9.17) is 0 Å². The first-order valence-corrected chi connectivity index (χ1v) is 9.49. The summed E-state index contributed by atoms with van der Waals surface area (Å²) in [6.07, 6.45) is 6.07. The van der Waals surface area contributed by atoms with Gasteiger partial charge in [-0.1, -0.05) is 0 Å². The molecule has 1 aliphatic heterocycles. The Balaban J connectivity index is 1.42. The molecule has 0 spiro atoms. The molecule has 3 heterocycles. The van der Waals surface area contributed by atoms with E-state index in [0.717, 1.165) is 18.4 Å². The van der Waals surface area contributed by atoms with Crippen LogP contribution in [0.25, 0.3) is 11.3 Å². The van der Waals surface area contributed by atoms with E-state index in [1.807, 2.05) is 0 Å². The molecule has 2 aromatic heterocycles. The highest BCUT2D eigenvalue weighted by atomic mass is 19.1. The summed E-state index contributed by atoms with van der Waals surface area (Å²) >= 11 is 0. The molecule has 1 aromatic carbocycles. The minimum atomic E-state index is -0.315. The number of nitrogens with zero attached hydrogens (tertiary/aromatic N) is 5. The molecule has 7 nitrogen and oxygen atoms in total. The topological polar surface area (TPSA) is 81.0 Å². The quantitative estimate of drug-likeness (QED) is 0.680. The number of piperidine rings is 1. The van der Waals surface area contributed by atoms with Crippen LogP contribution >= 0.6 is 0 Å². The second-order valence-electron chi connectivity index (χ2n) is 7.07. The number of carbonyl (C=O) groups is 1. The highest BCUT2D eigenvalue weighted by Gasteiger charge is 2.25. The molecule has 0 radical (unpaired) electrons. The first-order valence-electron chi connectivity index (χ1n) is 9.49. The van der Waals surface area contributed by atoms with Gasteiger partial charge in [-0.3, -0.25) is 14.6 Å². The second-order valence-corrected chi connectivity index (χ2v) is 7.07. The van der Waals surface area contributed by atoms with Crippen LogP contribution in [0.2, 0.25) is 0 Å². The second kappa shape index (κ2) is 8.30. The number of benzene rings is 1. The number of likely N-dealkylation sites (tertiary alicyclic amines) is 1. The molecule has 0 saturated carbocycles. The fourth-order valence-corrected chi connectivity index (χ4v) is 3.49. The highest BCUT2D eigenvalue weighted by molar-refractivity contribution is 5.92. The molecule has 0 bridgehead atoms. The van der Waals surface area contributed by atoms with E-state index in [-0.39, 0.29) is 23.2 Å². The van der Waals surface area contributed by atoms with Crippen LogP contribution in [-0.2, 0) is 6.54 Å². The Morgan fingerprint density at radius 2 is 1.83 bits per heavy atom. The van der Waals surface area contributed by atoms with Gasteiger partial charge in [0.1, 0.15) is 11.5 Å². The van der Waals surface area contributed by atoms with Crippen molar-refractivity contribution in [1.82, 2.24) is 24.6 Å². The van der Waals surface area contributed by atoms with Crippen molar-refractivity contribution >= 4 is 5.91 Å². The van der Waals surface area contributed by atoms with Crippen molar-refractivity contribution < 1.29 is 9.18 Å². The Hall–Kier alpha value is -3.42. The molecule has 4 rings (SSSR count). The van der Waals surface area contributed by atoms with Crippen molar-refractivity contribution in [1.29, 1.82) is 0 Å². The Labute approximate surface area is 166 Å². The zero-order valence-corrected chi connectivity index (χ0v) is 15.7. The molecule has 0 atom stereocenters. The minimum Gasteiger partial charge on any atom is -0.337 e. The minimum absolute atomic E-state index is 0.120. The van der Waals surface area contributed by atoms with E-state index >= 15 is 0 Å². The Morgan fingerprint density at radius 1 is 1.07 bits per heavy atom. The van der Waals surface area contributed by atoms with Gasteiger partial charge < -0.3 is 4.90 Å². The fraction of sp³-hybridized carbons (Fsp3) is 0.286. The summed E-state index contributed by atoms with van der Waals surface area (Å²) in [5.41, 5.74) is 1.55. The zero-order valence-electron chi connectivity index (χ0n) is 15.7. The number of hydrogen-bond acceptors (Lipinski definition) is 5. The molecule has 0 unspecified atom stereocenters. The normalized spacial score (nSPS) is 14.7. The highest BCUT2D eigenvalue weighted by Crippen LogP contribution is 2.21. The Kier molecular flexibility index (Phi) is 5.41. The molecule has 0 aliphatic carbocycles. The average Bonchev–Trinajstić information content (AvgIpc) is 2.76. The summed E-state index contributed by atoms with van der Waals surface area (Å²) in [5.74, 6) is -0.190. The van der Waals surface area contributed by atoms with Crippen molar-refractivity contribution in [2.45, 2.75) is 19.4 Å². The molecule has 1 aliphatic rings. The molecule has 1 amide bonds. The monoisotopic (exact) mass is 393 g/mol. The van der Waals surface area contributed by atoms with E-state index in [0.29, 0.717) is 31.0 Å². The van der Waals surface area contributed by atoms with Crippen LogP contribution in [0.4, 0.5) is 4.39 Å². The number of carbonyl (C=O) groups excluding carboxylic acids is 1. The van der Waals surface area contributed by atoms with Gasteiger partial charge in [-0.05, 0) is 49.1 Å². The number of halogens is 1. The Morgan fingerprint density at radius 3 is 2.52 bits per heavy atom. The third kappa shape index (κ3) is 4.37. The van der Waals surface area contributed by atoms with Crippen molar-refractivity contribution in [2.24, 2.45) is 5.92 Å². The van der Waals surface area contributed by atoms with Crippen LogP contribution in [0, 0.1) is 11.7 Å². The van der Waals surface area contributed by atoms with Crippen LogP contribution in [0.1, 0.15) is 23.3 Å². The maximum atomic E-state index is 13.1. The lowest BCUT2D eigenvalue weighted by Crippen LogP contribution is -2.40. The van der Waals surface area contributed by atoms with E-state index in [1.165, 1.54) is 41.5 Å². The van der Waals surface area contributed by atoms with Gasteiger partial charge in [-0.15, -0.1) is 0 Å². The summed E-state index contributed by atoms with van der Waals surface area (Å²) < 4.78 is 14.6. The van der Waals surface area contributed by atoms with Gasteiger partial charge in [-0.2, -0.15) is 5.10 Å². The number of aromatic nitrogens is 4. The first kappa shape index (κ1) is 18.9. The van der Waals surface area contributed by atoms with Gasteiger partial charge in [0.05, 0.1) is 11.9 Å². The van der Waals surface area contributed by atoms with Gasteiger partial charge in [0, 0.05) is 43.7 Å². The first-order chi connectivity index (χ1) is 14.1. The molecule has 1 fully saturated rings. The fourth-order valence-electron chi connectivity index (χ4n) is 3.49. The van der Waals surface area contributed by atoms with Crippen molar-refractivity contribution in [3.63, 3.8) is 0 Å². The molecular weight excluding hydrogens is 373 g/mol. The van der Waals surface area contributed by atoms with E-state index in [9.17, 15) is 14.0 Å². The Bertz CT molecular complexity index is 1040. The summed E-state index contributed by atoms with van der Waals surface area (Å²) in [6, 6.07) is 9.16. The lowest BCUT2D eigenvalue weighted by Gasteiger charge is -2.31. The summed E-state index contributed by atoms with van der Waals surface area (Å²) in [7, 11) is 0. The van der Waals surface area contributed by atoms with Crippen LogP contribution < -0.4 is 5.56 Å². The third-order valence-electron chi connectivity index (χ3n) is 5.12. The predicted molar refractivity (Wildman–Crippen MR) is 105 cm³/mol. The van der Waals surface area contributed by atoms with Gasteiger partial charge >= 0.3 is 0 Å². The number of hydrogen-bond donors (Lipinski definition) is 0. The molecule has 3 aromatic rings. The molecule has 148 valence electrons. The van der Waals surface area contributed by atoms with Crippen LogP contribution in [0.15, 0.2) is 59.8 Å². The zero-order chi connectivity index (χ0) is 20.2. The van der Waals surface area contributed by atoms with Crippen molar-refractivity contribution in [2.75, 3.05) is 13.1 Å². The van der Waals surface area contributed by atoms with E-state index in [1.54, 1.807) is 23.1 Å². The summed E-state index contributed by atoms with van der Waals surface area (Å²) in [4.78, 5) is 34.5. The van der Waals surface area contributed by atoms with Crippen LogP contribution in [0.3, 0.4) is 0 Å². The third-order valence-corrected chi connectivity index (χ3v) is 5.12. The van der Waals surface area contributed by atoms with E-state index in [2.05, 4.69) is 15.1 Å². The molecular formula is C21H20FN5O2. The SMILES string of the molecule is O=C(c1cnccn1)N1CCC(Cn2nc(-c3ccc(F)cc3)ccc2=O)CC1. The maximum Gasteiger partial charge on any atom is 0.274 e. The van der Waals surface area contributed by atoms with Gasteiger partial charge in [0.2, 0.25) is 0 Å². The average molecular weight is 393 g/mol. The number of amides is 1. The van der Waals surface area contributed by atoms with Crippen LogP contribution in [0.5, 0.6) is 0 Å². The molecule has 29 heavy (non-hydrogen) atoms. The van der Waals surface area contributed by atoms with Gasteiger partial charge in [-0.25, -0.2) is 14.1 Å². The summed E-state index contributed by atoms with van der Waals surface area (Å²) in [6.45, 7) is 1.69. The maximum absolute atomic E-state index is 13.1. The van der Waals surface area contributed by atoms with Gasteiger partial charge in [0.15, 0.2) is 0 Å². The smallest absolute Gasteiger partial charge is 0.274 e. The van der Waals surface area contributed by atoms with Gasteiger partial charge in [0.25, 0.3) is 11.5 Å². The molecule has 1 saturated heterocycles. The van der Waals surface area contributed by atoms with Crippen molar-refractivity contribution in [3.05, 3.63) is 76.9 Å². The van der Waals surface area contributed by atoms with Crippen LogP contribution in [-0.4, -0.2) is 43.6 Å². The van der Waals surface area contributed by atoms with Crippen molar-refractivity contribution in [3.8, 4) is 11.3 Å². The lowest BCUT2D eigenvalue weighted by molar-refractivity contribution is 0.0674. The standard InChI is InChI=1S/C21H20FN5O2/c22-17-3-1-16(2-4-17)18-5-6-20(28)27(25-18)14-15-7-11-26(12-8-15)21(29)19-13-23-9-10-24-19/h1-6,9-10,13,15H,7-8,11-12,14H2. The van der Waals surface area contributed by atoms with E-state index < -0.39 is 0 Å². The summed E-state index contributed by atoms with van der Waals surface area (Å²) in [5, 5.41) is 4.45.